The molecule has 0 N–H and O–H groups in total. The van der Waals surface area contributed by atoms with Gasteiger partial charge in [-0.05, 0) is 37.3 Å². The van der Waals surface area contributed by atoms with E-state index in [1.165, 1.54) is 11.1 Å². The summed E-state index contributed by atoms with van der Waals surface area (Å²) in [5.41, 5.74) is 3.67. The summed E-state index contributed by atoms with van der Waals surface area (Å²) in [5.74, 6) is 1.07. The van der Waals surface area contributed by atoms with E-state index in [2.05, 4.69) is 36.2 Å². The molecule has 0 spiro atoms. The molecule has 1 aromatic heterocycles. The maximum atomic E-state index is 6.22. The first-order valence-corrected chi connectivity index (χ1v) is 7.05. The van der Waals surface area contributed by atoms with Crippen LogP contribution in [0.2, 0.25) is 0 Å². The van der Waals surface area contributed by atoms with Gasteiger partial charge in [0.25, 0.3) is 0 Å². The highest BCUT2D eigenvalue weighted by molar-refractivity contribution is 5.78. The number of rotatable bonds is 2. The zero-order valence-electron chi connectivity index (χ0n) is 11.3. The Morgan fingerprint density at radius 1 is 1.42 bits per heavy atom. The van der Waals surface area contributed by atoms with Crippen molar-refractivity contribution in [1.82, 2.24) is 4.98 Å². The largest absolute Gasteiger partial charge is 0.490 e. The topological polar surface area (TPSA) is 22.1 Å². The molecule has 2 nitrogen and oxygen atoms in total. The molecule has 1 fully saturated rings. The second kappa shape index (κ2) is 5.43. The van der Waals surface area contributed by atoms with Crippen molar-refractivity contribution < 1.29 is 4.74 Å². The van der Waals surface area contributed by atoms with Gasteiger partial charge in [-0.3, -0.25) is 4.98 Å². The first kappa shape index (κ1) is 12.2. The minimum atomic E-state index is 0.352. The predicted octanol–water partition coefficient (Wildman–Crippen LogP) is 4.27. The molecule has 0 unspecified atom stereocenters. The first-order valence-electron chi connectivity index (χ1n) is 7.05. The summed E-state index contributed by atoms with van der Waals surface area (Å²) in [7, 11) is 0. The number of aromatic nitrogens is 1. The second-order valence-corrected chi connectivity index (χ2v) is 5.04. The molecule has 19 heavy (non-hydrogen) atoms. The van der Waals surface area contributed by atoms with Crippen LogP contribution in [0.4, 0.5) is 0 Å². The van der Waals surface area contributed by atoms with E-state index in [9.17, 15) is 0 Å². The molecule has 1 aromatic rings. The van der Waals surface area contributed by atoms with E-state index in [1.54, 1.807) is 0 Å². The fraction of sp³-hybridized carbons (Fsp3) is 0.353. The van der Waals surface area contributed by atoms with Gasteiger partial charge < -0.3 is 4.74 Å². The zero-order valence-corrected chi connectivity index (χ0v) is 11.3. The van der Waals surface area contributed by atoms with Crippen LogP contribution in [0.25, 0.3) is 5.57 Å². The summed E-state index contributed by atoms with van der Waals surface area (Å²) >= 11 is 0. The molecule has 1 atom stereocenters. The molecule has 0 aromatic carbocycles. The van der Waals surface area contributed by atoms with Crippen LogP contribution in [0.5, 0.6) is 0 Å². The van der Waals surface area contributed by atoms with Crippen molar-refractivity contribution in [3.8, 4) is 0 Å². The van der Waals surface area contributed by atoms with Gasteiger partial charge in [0.05, 0.1) is 6.10 Å². The van der Waals surface area contributed by atoms with Crippen LogP contribution in [0.3, 0.4) is 0 Å². The lowest BCUT2D eigenvalue weighted by Gasteiger charge is -2.28. The standard InChI is InChI=1S/C17H19NO/c1-2-15-10-9-13-6-3-4-8-16(17(13)19-15)14-7-5-11-18-12-14/h4-8,11-12,15H,2-3,9-10H2,1H3/t15-/m0/s1. The number of pyridine rings is 1. The normalized spacial score (nSPS) is 22.4. The smallest absolute Gasteiger partial charge is 0.130 e. The highest BCUT2D eigenvalue weighted by atomic mass is 16.5. The lowest BCUT2D eigenvalue weighted by atomic mass is 9.95. The Morgan fingerprint density at radius 2 is 2.37 bits per heavy atom. The Morgan fingerprint density at radius 3 is 3.16 bits per heavy atom. The van der Waals surface area contributed by atoms with Crippen LogP contribution < -0.4 is 0 Å². The molecule has 0 radical (unpaired) electrons. The van der Waals surface area contributed by atoms with Crippen molar-refractivity contribution in [3.05, 3.63) is 59.7 Å². The average molecular weight is 253 g/mol. The molecular weight excluding hydrogens is 234 g/mol. The summed E-state index contributed by atoms with van der Waals surface area (Å²) in [5, 5.41) is 0. The fourth-order valence-electron chi connectivity index (χ4n) is 2.67. The Kier molecular flexibility index (Phi) is 3.49. The van der Waals surface area contributed by atoms with E-state index in [1.807, 2.05) is 18.5 Å². The molecule has 0 amide bonds. The molecule has 0 bridgehead atoms. The third-order valence-electron chi connectivity index (χ3n) is 3.77. The fourth-order valence-corrected chi connectivity index (χ4v) is 2.67. The van der Waals surface area contributed by atoms with Crippen LogP contribution in [0, 0.1) is 0 Å². The van der Waals surface area contributed by atoms with E-state index in [0.717, 1.165) is 37.0 Å². The van der Waals surface area contributed by atoms with Crippen LogP contribution in [0.15, 0.2) is 54.1 Å². The highest BCUT2D eigenvalue weighted by Crippen LogP contribution is 2.36. The number of ether oxygens (including phenoxy) is 1. The summed E-state index contributed by atoms with van der Waals surface area (Å²) in [6.45, 7) is 2.19. The van der Waals surface area contributed by atoms with Gasteiger partial charge in [0.15, 0.2) is 0 Å². The molecule has 1 aliphatic carbocycles. The Labute approximate surface area is 114 Å². The van der Waals surface area contributed by atoms with Gasteiger partial charge in [-0.15, -0.1) is 0 Å². The van der Waals surface area contributed by atoms with Crippen LogP contribution in [-0.4, -0.2) is 11.1 Å². The van der Waals surface area contributed by atoms with Gasteiger partial charge >= 0.3 is 0 Å². The van der Waals surface area contributed by atoms with Crippen molar-refractivity contribution in [2.24, 2.45) is 0 Å². The van der Waals surface area contributed by atoms with Crippen molar-refractivity contribution >= 4 is 5.57 Å². The van der Waals surface area contributed by atoms with Gasteiger partial charge in [-0.2, -0.15) is 0 Å². The number of fused-ring (bicyclic) bond motifs is 1. The summed E-state index contributed by atoms with van der Waals surface area (Å²) in [6.07, 6.45) is 15.1. The van der Waals surface area contributed by atoms with E-state index < -0.39 is 0 Å². The van der Waals surface area contributed by atoms with Crippen molar-refractivity contribution in [2.75, 3.05) is 0 Å². The minimum Gasteiger partial charge on any atom is -0.490 e. The molecule has 2 heteroatoms. The van der Waals surface area contributed by atoms with Crippen LogP contribution >= 0.6 is 0 Å². The van der Waals surface area contributed by atoms with E-state index in [-0.39, 0.29) is 0 Å². The third-order valence-corrected chi connectivity index (χ3v) is 3.77. The third kappa shape index (κ3) is 2.48. The number of allylic oxidation sites excluding steroid dienone is 5. The molecule has 1 saturated heterocycles. The summed E-state index contributed by atoms with van der Waals surface area (Å²) in [4.78, 5) is 4.22. The average Bonchev–Trinajstić information content (AvgIpc) is 2.69. The zero-order chi connectivity index (χ0) is 13.1. The van der Waals surface area contributed by atoms with Gasteiger partial charge in [-0.1, -0.05) is 31.2 Å². The molecule has 3 rings (SSSR count). The SMILES string of the molecule is CC[C@H]1CCC2=CCC=CC(c3cccnc3)=C2O1. The van der Waals surface area contributed by atoms with E-state index in [0.29, 0.717) is 6.10 Å². The maximum absolute atomic E-state index is 6.22. The van der Waals surface area contributed by atoms with E-state index >= 15 is 0 Å². The van der Waals surface area contributed by atoms with E-state index in [4.69, 9.17) is 4.74 Å². The predicted molar refractivity (Wildman–Crippen MR) is 77.4 cm³/mol. The molecule has 0 saturated carbocycles. The van der Waals surface area contributed by atoms with Gasteiger partial charge in [-0.25, -0.2) is 0 Å². The Bertz CT molecular complexity index is 540. The maximum Gasteiger partial charge on any atom is 0.130 e. The minimum absolute atomic E-state index is 0.352. The second-order valence-electron chi connectivity index (χ2n) is 5.04. The molecule has 2 heterocycles. The van der Waals surface area contributed by atoms with Crippen LogP contribution in [-0.2, 0) is 4.74 Å². The molecule has 98 valence electrons. The van der Waals surface area contributed by atoms with Crippen molar-refractivity contribution in [3.63, 3.8) is 0 Å². The lowest BCUT2D eigenvalue weighted by molar-refractivity contribution is 0.0932. The monoisotopic (exact) mass is 253 g/mol. The van der Waals surface area contributed by atoms with Crippen LogP contribution in [0.1, 0.15) is 38.2 Å². The molecule has 1 aliphatic heterocycles. The van der Waals surface area contributed by atoms with Gasteiger partial charge in [0, 0.05) is 23.5 Å². The van der Waals surface area contributed by atoms with Crippen molar-refractivity contribution in [1.29, 1.82) is 0 Å². The number of hydrogen-bond donors (Lipinski definition) is 0. The molecular formula is C17H19NO. The Hall–Kier alpha value is -1.83. The Balaban J connectivity index is 2.06. The van der Waals surface area contributed by atoms with Gasteiger partial charge in [0.1, 0.15) is 5.76 Å². The summed E-state index contributed by atoms with van der Waals surface area (Å²) in [6, 6.07) is 4.08. The number of nitrogens with zero attached hydrogens (tertiary/aromatic N) is 1. The highest BCUT2D eigenvalue weighted by Gasteiger charge is 2.24. The van der Waals surface area contributed by atoms with Crippen molar-refractivity contribution in [2.45, 2.75) is 38.7 Å². The lowest BCUT2D eigenvalue weighted by Crippen LogP contribution is -2.19. The quantitative estimate of drug-likeness (QED) is 0.785. The summed E-state index contributed by atoms with van der Waals surface area (Å²) < 4.78 is 6.22. The van der Waals surface area contributed by atoms with Gasteiger partial charge in [0.2, 0.25) is 0 Å². The molecule has 2 aliphatic rings. The number of hydrogen-bond acceptors (Lipinski definition) is 2. The first-order chi connectivity index (χ1) is 9.38.